The van der Waals surface area contributed by atoms with Crippen molar-refractivity contribution in [3.63, 3.8) is 0 Å². The fourth-order valence-corrected chi connectivity index (χ4v) is 3.12. The molecule has 1 atom stereocenters. The van der Waals surface area contributed by atoms with Gasteiger partial charge in [-0.15, -0.1) is 22.9 Å². The Kier molecular flexibility index (Phi) is 4.40. The van der Waals surface area contributed by atoms with Crippen LogP contribution in [0.25, 0.3) is 0 Å². The summed E-state index contributed by atoms with van der Waals surface area (Å²) in [5.74, 6) is 0.566. The van der Waals surface area contributed by atoms with E-state index in [1.165, 1.54) is 17.8 Å². The van der Waals surface area contributed by atoms with Gasteiger partial charge in [0.15, 0.2) is 0 Å². The first-order chi connectivity index (χ1) is 8.22. The molecule has 1 aliphatic heterocycles. The summed E-state index contributed by atoms with van der Waals surface area (Å²) in [4.78, 5) is 18.5. The molecule has 1 unspecified atom stereocenters. The number of likely N-dealkylation sites (tertiary alicyclic amines) is 1. The van der Waals surface area contributed by atoms with Crippen LogP contribution in [0.3, 0.4) is 0 Å². The van der Waals surface area contributed by atoms with Crippen LogP contribution in [0.1, 0.15) is 41.2 Å². The molecule has 0 aliphatic carbocycles. The summed E-state index contributed by atoms with van der Waals surface area (Å²) in [6, 6.07) is 0.175. The number of aryl methyl sites for hydroxylation is 1. The minimum Gasteiger partial charge on any atom is -0.333 e. The number of halogens is 1. The van der Waals surface area contributed by atoms with Gasteiger partial charge >= 0.3 is 0 Å². The van der Waals surface area contributed by atoms with E-state index in [1.807, 2.05) is 17.2 Å². The van der Waals surface area contributed by atoms with E-state index in [-0.39, 0.29) is 11.9 Å². The van der Waals surface area contributed by atoms with Crippen molar-refractivity contribution in [2.45, 2.75) is 38.6 Å². The maximum Gasteiger partial charge on any atom is 0.273 e. The zero-order valence-corrected chi connectivity index (χ0v) is 11.6. The highest BCUT2D eigenvalue weighted by Gasteiger charge is 2.26. The minimum atomic E-state index is 0.0434. The molecule has 3 nitrogen and oxygen atoms in total. The van der Waals surface area contributed by atoms with Crippen LogP contribution >= 0.6 is 22.9 Å². The lowest BCUT2D eigenvalue weighted by Gasteiger charge is -2.27. The Labute approximate surface area is 111 Å². The predicted octanol–water partition coefficient (Wildman–Crippen LogP) is 3.08. The van der Waals surface area contributed by atoms with Gasteiger partial charge in [0.25, 0.3) is 5.91 Å². The van der Waals surface area contributed by atoms with Gasteiger partial charge in [0.1, 0.15) is 5.69 Å². The zero-order valence-electron chi connectivity index (χ0n) is 9.99. The molecular formula is C12H17ClN2OS. The third-order valence-electron chi connectivity index (χ3n) is 3.15. The summed E-state index contributed by atoms with van der Waals surface area (Å²) in [5, 5.41) is 2.78. The minimum absolute atomic E-state index is 0.0434. The predicted molar refractivity (Wildman–Crippen MR) is 70.9 cm³/mol. The van der Waals surface area contributed by atoms with Gasteiger partial charge in [-0.05, 0) is 19.8 Å². The normalized spacial score (nSPS) is 21.3. The van der Waals surface area contributed by atoms with Crippen molar-refractivity contribution < 1.29 is 4.79 Å². The van der Waals surface area contributed by atoms with E-state index in [1.54, 1.807) is 0 Å². The molecule has 1 amide bonds. The van der Waals surface area contributed by atoms with E-state index in [0.29, 0.717) is 11.6 Å². The molecule has 0 spiro atoms. The molecular weight excluding hydrogens is 256 g/mol. The average molecular weight is 273 g/mol. The van der Waals surface area contributed by atoms with Crippen LogP contribution in [-0.4, -0.2) is 34.3 Å². The van der Waals surface area contributed by atoms with Crippen molar-refractivity contribution in [3.8, 4) is 0 Å². The second-order valence-corrected chi connectivity index (χ2v) is 5.78. The molecule has 2 heterocycles. The molecule has 1 fully saturated rings. The highest BCUT2D eigenvalue weighted by Crippen LogP contribution is 2.21. The molecule has 0 bridgehead atoms. The summed E-state index contributed by atoms with van der Waals surface area (Å²) in [5.41, 5.74) is 0.574. The topological polar surface area (TPSA) is 33.2 Å². The third-order valence-corrected chi connectivity index (χ3v) is 4.28. The standard InChI is InChI=1S/C12H17ClN2OS/c1-9-14-11(8-17-9)12(16)15-6-4-2-3-5-10(15)7-13/h8,10H,2-7H2,1H3. The molecule has 0 N–H and O–H groups in total. The number of alkyl halides is 1. The molecule has 1 aromatic rings. The maximum absolute atomic E-state index is 12.3. The molecule has 5 heteroatoms. The number of carbonyl (C=O) groups excluding carboxylic acids is 1. The van der Waals surface area contributed by atoms with Gasteiger partial charge in [-0.2, -0.15) is 0 Å². The lowest BCUT2D eigenvalue weighted by atomic mass is 10.1. The van der Waals surface area contributed by atoms with Crippen molar-refractivity contribution >= 4 is 28.8 Å². The summed E-state index contributed by atoms with van der Waals surface area (Å²) < 4.78 is 0. The van der Waals surface area contributed by atoms with Gasteiger partial charge in [-0.25, -0.2) is 4.98 Å². The van der Waals surface area contributed by atoms with Gasteiger partial charge < -0.3 is 4.90 Å². The molecule has 0 radical (unpaired) electrons. The number of amides is 1. The van der Waals surface area contributed by atoms with E-state index in [4.69, 9.17) is 11.6 Å². The van der Waals surface area contributed by atoms with E-state index in [0.717, 1.165) is 30.8 Å². The molecule has 94 valence electrons. The van der Waals surface area contributed by atoms with Crippen molar-refractivity contribution in [1.82, 2.24) is 9.88 Å². The summed E-state index contributed by atoms with van der Waals surface area (Å²) >= 11 is 7.49. The quantitative estimate of drug-likeness (QED) is 0.775. The van der Waals surface area contributed by atoms with Gasteiger partial charge in [0.05, 0.1) is 5.01 Å². The number of nitrogens with zero attached hydrogens (tertiary/aromatic N) is 2. The maximum atomic E-state index is 12.3. The Morgan fingerprint density at radius 2 is 2.41 bits per heavy atom. The summed E-state index contributed by atoms with van der Waals surface area (Å²) in [7, 11) is 0. The van der Waals surface area contributed by atoms with Crippen LogP contribution < -0.4 is 0 Å². The zero-order chi connectivity index (χ0) is 12.3. The van der Waals surface area contributed by atoms with Gasteiger partial charge in [-0.3, -0.25) is 4.79 Å². The number of hydrogen-bond acceptors (Lipinski definition) is 3. The second kappa shape index (κ2) is 5.83. The largest absolute Gasteiger partial charge is 0.333 e. The molecule has 17 heavy (non-hydrogen) atoms. The van der Waals surface area contributed by atoms with Crippen LogP contribution in [0.4, 0.5) is 0 Å². The number of rotatable bonds is 2. The first-order valence-electron chi connectivity index (χ1n) is 6.01. The Bertz CT molecular complexity index is 394. The molecule has 1 aromatic heterocycles. The molecule has 0 aromatic carbocycles. The average Bonchev–Trinajstić information content (AvgIpc) is 2.64. The number of hydrogen-bond donors (Lipinski definition) is 0. The molecule has 2 rings (SSSR count). The van der Waals surface area contributed by atoms with Crippen LogP contribution in [0.15, 0.2) is 5.38 Å². The van der Waals surface area contributed by atoms with Crippen LogP contribution in [0.2, 0.25) is 0 Å². The number of thiazole rings is 1. The second-order valence-electron chi connectivity index (χ2n) is 4.41. The van der Waals surface area contributed by atoms with Crippen LogP contribution in [0.5, 0.6) is 0 Å². The van der Waals surface area contributed by atoms with Gasteiger partial charge in [-0.1, -0.05) is 12.8 Å². The van der Waals surface area contributed by atoms with Gasteiger partial charge in [0.2, 0.25) is 0 Å². The van der Waals surface area contributed by atoms with Crippen molar-refractivity contribution in [2.75, 3.05) is 12.4 Å². The first-order valence-corrected chi connectivity index (χ1v) is 7.43. The van der Waals surface area contributed by atoms with Crippen LogP contribution in [0, 0.1) is 6.92 Å². The fourth-order valence-electron chi connectivity index (χ4n) is 2.21. The fraction of sp³-hybridized carbons (Fsp3) is 0.667. The highest BCUT2D eigenvalue weighted by atomic mass is 35.5. The molecule has 0 saturated carbocycles. The highest BCUT2D eigenvalue weighted by molar-refractivity contribution is 7.09. The van der Waals surface area contributed by atoms with Crippen molar-refractivity contribution in [3.05, 3.63) is 16.1 Å². The lowest BCUT2D eigenvalue weighted by molar-refractivity contribution is 0.0695. The monoisotopic (exact) mass is 272 g/mol. The first kappa shape index (κ1) is 12.8. The Hall–Kier alpha value is -0.610. The smallest absolute Gasteiger partial charge is 0.273 e. The van der Waals surface area contributed by atoms with Gasteiger partial charge in [0, 0.05) is 23.8 Å². The van der Waals surface area contributed by atoms with E-state index in [9.17, 15) is 4.79 Å². The summed E-state index contributed by atoms with van der Waals surface area (Å²) in [6.45, 7) is 2.73. The molecule has 1 aliphatic rings. The third kappa shape index (κ3) is 2.99. The lowest BCUT2D eigenvalue weighted by Crippen LogP contribution is -2.41. The number of aromatic nitrogens is 1. The van der Waals surface area contributed by atoms with Crippen molar-refractivity contribution in [1.29, 1.82) is 0 Å². The Morgan fingerprint density at radius 1 is 1.59 bits per heavy atom. The van der Waals surface area contributed by atoms with Crippen molar-refractivity contribution in [2.24, 2.45) is 0 Å². The van der Waals surface area contributed by atoms with Crippen LogP contribution in [-0.2, 0) is 0 Å². The number of carbonyl (C=O) groups is 1. The van der Waals surface area contributed by atoms with E-state index < -0.39 is 0 Å². The van der Waals surface area contributed by atoms with E-state index >= 15 is 0 Å². The summed E-state index contributed by atoms with van der Waals surface area (Å²) in [6.07, 6.45) is 4.44. The molecule has 1 saturated heterocycles. The Morgan fingerprint density at radius 3 is 3.06 bits per heavy atom. The van der Waals surface area contributed by atoms with E-state index in [2.05, 4.69) is 4.98 Å². The SMILES string of the molecule is Cc1nc(C(=O)N2CCCCCC2CCl)cs1. The Balaban J connectivity index is 2.15.